The monoisotopic (exact) mass is 420 g/mol. The molecule has 4 nitrogen and oxygen atoms in total. The first-order chi connectivity index (χ1) is 15.0. The van der Waals surface area contributed by atoms with Crippen LogP contribution in [-0.2, 0) is 4.79 Å². The van der Waals surface area contributed by atoms with E-state index < -0.39 is 0 Å². The van der Waals surface area contributed by atoms with Crippen LogP contribution in [0.25, 0.3) is 17.2 Å². The van der Waals surface area contributed by atoms with E-state index >= 15 is 0 Å². The number of hydrogen-bond acceptors (Lipinski definition) is 3. The second-order valence-electron chi connectivity index (χ2n) is 8.40. The van der Waals surface area contributed by atoms with E-state index in [1.807, 2.05) is 49.1 Å². The van der Waals surface area contributed by atoms with Crippen LogP contribution < -0.4 is 4.74 Å². The number of amides is 1. The molecule has 1 saturated heterocycles. The molecule has 1 aliphatic heterocycles. The third kappa shape index (κ3) is 4.55. The Labute approximate surface area is 183 Å². The maximum absolute atomic E-state index is 14.9. The fraction of sp³-hybridized carbons (Fsp3) is 0.385. The molecule has 0 spiro atoms. The van der Waals surface area contributed by atoms with Crippen molar-refractivity contribution in [3.63, 3.8) is 0 Å². The number of halogens is 1. The van der Waals surface area contributed by atoms with Crippen molar-refractivity contribution < 1.29 is 13.9 Å². The number of carbonyl (C=O) groups excluding carboxylic acids is 1. The number of hydrogen-bond donors (Lipinski definition) is 0. The van der Waals surface area contributed by atoms with Crippen molar-refractivity contribution in [2.75, 3.05) is 13.1 Å². The van der Waals surface area contributed by atoms with Crippen molar-refractivity contribution in [2.24, 2.45) is 10.9 Å². The number of aliphatic imine (C=N–C) groups is 1. The van der Waals surface area contributed by atoms with Crippen molar-refractivity contribution in [1.29, 1.82) is 0 Å². The Hall–Kier alpha value is -2.95. The second kappa shape index (κ2) is 9.04. The summed E-state index contributed by atoms with van der Waals surface area (Å²) in [6.45, 7) is 9.01. The fourth-order valence-corrected chi connectivity index (χ4v) is 4.28. The molecule has 2 aromatic rings. The fourth-order valence-electron chi connectivity index (χ4n) is 4.28. The summed E-state index contributed by atoms with van der Waals surface area (Å²) in [6, 6.07) is 9.07. The van der Waals surface area contributed by atoms with E-state index in [1.165, 1.54) is 6.07 Å². The number of nitrogens with zero attached hydrogens (tertiary/aromatic N) is 2. The van der Waals surface area contributed by atoms with Crippen molar-refractivity contribution >= 4 is 24.4 Å². The Balaban J connectivity index is 1.46. The van der Waals surface area contributed by atoms with Gasteiger partial charge in [0.05, 0.1) is 5.69 Å². The van der Waals surface area contributed by atoms with Crippen molar-refractivity contribution in [2.45, 2.75) is 45.6 Å². The number of allylic oxidation sites excluding steroid dienone is 1. The lowest BCUT2D eigenvalue weighted by Gasteiger charge is -2.32. The van der Waals surface area contributed by atoms with Crippen LogP contribution in [0, 0.1) is 18.7 Å². The molecule has 0 N–H and O–H groups in total. The molecule has 1 heterocycles. The SMILES string of the molecule is C=Nc1c(/C=C\C)ccc(-c2ccc(OC3CCN(C(=O)C4CC4)CC3)c(F)c2)c1C. The van der Waals surface area contributed by atoms with E-state index in [0.717, 1.165) is 53.6 Å². The third-order valence-corrected chi connectivity index (χ3v) is 6.18. The topological polar surface area (TPSA) is 41.9 Å². The quantitative estimate of drug-likeness (QED) is 0.542. The molecule has 1 aliphatic carbocycles. The van der Waals surface area contributed by atoms with Crippen LogP contribution in [0.4, 0.5) is 10.1 Å². The molecular formula is C26H29FN2O2. The Morgan fingerprint density at radius 1 is 1.19 bits per heavy atom. The van der Waals surface area contributed by atoms with E-state index in [4.69, 9.17) is 4.74 Å². The molecule has 0 aromatic heterocycles. The number of ether oxygens (including phenoxy) is 1. The summed E-state index contributed by atoms with van der Waals surface area (Å²) in [5.41, 5.74) is 4.47. The van der Waals surface area contributed by atoms with E-state index in [-0.39, 0.29) is 29.5 Å². The Bertz CT molecular complexity index is 1020. The minimum Gasteiger partial charge on any atom is -0.487 e. The zero-order valence-electron chi connectivity index (χ0n) is 18.2. The highest BCUT2D eigenvalue weighted by Crippen LogP contribution is 2.36. The standard InChI is InChI=1S/C26H29FN2O2/c1-4-5-18-8-10-22(17(2)25(18)28-3)20-9-11-24(23(27)16-20)31-21-12-14-29(15-13-21)26(30)19-6-7-19/h4-5,8-11,16,19,21H,3,6-7,12-15H2,1-2H3/b5-4-. The average molecular weight is 421 g/mol. The molecule has 4 rings (SSSR count). The summed E-state index contributed by atoms with van der Waals surface area (Å²) < 4.78 is 20.8. The lowest BCUT2D eigenvalue weighted by atomic mass is 9.96. The predicted octanol–water partition coefficient (Wildman–Crippen LogP) is 5.95. The predicted molar refractivity (Wildman–Crippen MR) is 123 cm³/mol. The summed E-state index contributed by atoms with van der Waals surface area (Å²) >= 11 is 0. The molecule has 31 heavy (non-hydrogen) atoms. The molecule has 0 radical (unpaired) electrons. The van der Waals surface area contributed by atoms with Gasteiger partial charge in [0.1, 0.15) is 6.10 Å². The van der Waals surface area contributed by atoms with Gasteiger partial charge < -0.3 is 9.64 Å². The van der Waals surface area contributed by atoms with Crippen LogP contribution in [0.1, 0.15) is 43.7 Å². The van der Waals surface area contributed by atoms with E-state index in [1.54, 1.807) is 6.07 Å². The molecule has 1 amide bonds. The van der Waals surface area contributed by atoms with E-state index in [0.29, 0.717) is 13.1 Å². The minimum atomic E-state index is -0.376. The number of likely N-dealkylation sites (tertiary alicyclic amines) is 1. The highest BCUT2D eigenvalue weighted by Gasteiger charge is 2.35. The molecule has 0 unspecified atom stereocenters. The van der Waals surface area contributed by atoms with Gasteiger partial charge in [0.15, 0.2) is 11.6 Å². The first-order valence-electron chi connectivity index (χ1n) is 11.0. The van der Waals surface area contributed by atoms with Crippen LogP contribution in [0.3, 0.4) is 0 Å². The van der Waals surface area contributed by atoms with E-state index in [9.17, 15) is 9.18 Å². The summed E-state index contributed by atoms with van der Waals surface area (Å²) in [4.78, 5) is 18.3. The maximum atomic E-state index is 14.9. The average Bonchev–Trinajstić information content (AvgIpc) is 3.61. The van der Waals surface area contributed by atoms with Crippen LogP contribution in [0.15, 0.2) is 41.4 Å². The number of piperidine rings is 1. The van der Waals surface area contributed by atoms with Gasteiger partial charge in [-0.25, -0.2) is 4.39 Å². The molecule has 0 atom stereocenters. The highest BCUT2D eigenvalue weighted by atomic mass is 19.1. The van der Waals surface area contributed by atoms with Crippen molar-refractivity contribution in [1.82, 2.24) is 4.90 Å². The number of carbonyl (C=O) groups is 1. The van der Waals surface area contributed by atoms with Crippen molar-refractivity contribution in [3.05, 3.63) is 53.4 Å². The summed E-state index contributed by atoms with van der Waals surface area (Å²) in [6.07, 6.45) is 7.40. The van der Waals surface area contributed by atoms with Gasteiger partial charge in [0, 0.05) is 37.4 Å². The Morgan fingerprint density at radius 2 is 1.94 bits per heavy atom. The molecule has 0 bridgehead atoms. The molecule has 5 heteroatoms. The molecule has 162 valence electrons. The molecule has 2 aromatic carbocycles. The lowest BCUT2D eigenvalue weighted by Crippen LogP contribution is -2.42. The Morgan fingerprint density at radius 3 is 2.55 bits per heavy atom. The van der Waals surface area contributed by atoms with Crippen LogP contribution in [0.2, 0.25) is 0 Å². The summed E-state index contributed by atoms with van der Waals surface area (Å²) in [5.74, 6) is 0.410. The second-order valence-corrected chi connectivity index (χ2v) is 8.40. The number of benzene rings is 2. The van der Waals surface area contributed by atoms with Gasteiger partial charge in [-0.3, -0.25) is 9.79 Å². The minimum absolute atomic E-state index is 0.0676. The molecule has 2 fully saturated rings. The Kier molecular flexibility index (Phi) is 6.21. The van der Waals surface area contributed by atoms with Gasteiger partial charge in [-0.1, -0.05) is 30.4 Å². The molecular weight excluding hydrogens is 391 g/mol. The lowest BCUT2D eigenvalue weighted by molar-refractivity contribution is -0.134. The maximum Gasteiger partial charge on any atom is 0.225 e. The normalized spacial score (nSPS) is 17.2. The van der Waals surface area contributed by atoms with Gasteiger partial charge in [-0.2, -0.15) is 0 Å². The first-order valence-corrected chi connectivity index (χ1v) is 11.0. The zero-order valence-corrected chi connectivity index (χ0v) is 18.2. The van der Waals surface area contributed by atoms with Crippen LogP contribution in [-0.4, -0.2) is 36.7 Å². The molecule has 2 aliphatic rings. The zero-order chi connectivity index (χ0) is 22.0. The third-order valence-electron chi connectivity index (χ3n) is 6.18. The summed E-state index contributed by atoms with van der Waals surface area (Å²) in [5, 5.41) is 0. The number of rotatable bonds is 6. The van der Waals surface area contributed by atoms with Gasteiger partial charge in [-0.05, 0) is 62.2 Å². The van der Waals surface area contributed by atoms with Crippen molar-refractivity contribution in [3.8, 4) is 16.9 Å². The summed E-state index contributed by atoms with van der Waals surface area (Å²) in [7, 11) is 0. The van der Waals surface area contributed by atoms with Gasteiger partial charge in [0.2, 0.25) is 5.91 Å². The molecule has 1 saturated carbocycles. The van der Waals surface area contributed by atoms with Crippen LogP contribution >= 0.6 is 0 Å². The smallest absolute Gasteiger partial charge is 0.225 e. The first kappa shape index (κ1) is 21.3. The van der Waals surface area contributed by atoms with Crippen LogP contribution in [0.5, 0.6) is 5.75 Å². The van der Waals surface area contributed by atoms with Gasteiger partial charge in [-0.15, -0.1) is 0 Å². The van der Waals surface area contributed by atoms with Gasteiger partial charge in [0.25, 0.3) is 0 Å². The van der Waals surface area contributed by atoms with E-state index in [2.05, 4.69) is 11.7 Å². The van der Waals surface area contributed by atoms with Gasteiger partial charge >= 0.3 is 0 Å². The largest absolute Gasteiger partial charge is 0.487 e. The highest BCUT2D eigenvalue weighted by molar-refractivity contribution is 5.81.